The normalized spacial score (nSPS) is 11.7. The van der Waals surface area contributed by atoms with Gasteiger partial charge in [0.1, 0.15) is 6.54 Å². The van der Waals surface area contributed by atoms with E-state index >= 15 is 0 Å². The summed E-state index contributed by atoms with van der Waals surface area (Å²) in [5, 5.41) is 9.66. The summed E-state index contributed by atoms with van der Waals surface area (Å²) in [6.45, 7) is 1.70. The predicted molar refractivity (Wildman–Crippen MR) is 72.8 cm³/mol. The summed E-state index contributed by atoms with van der Waals surface area (Å²) in [6, 6.07) is 6.83. The molecule has 0 radical (unpaired) electrons. The molecule has 0 aliphatic rings. The lowest BCUT2D eigenvalue weighted by atomic mass is 10.2. The summed E-state index contributed by atoms with van der Waals surface area (Å²) in [4.78, 5) is 10.8. The highest BCUT2D eigenvalue weighted by Gasteiger charge is 2.10. The van der Waals surface area contributed by atoms with E-state index in [1.807, 2.05) is 13.0 Å². The van der Waals surface area contributed by atoms with E-state index in [4.69, 9.17) is 5.11 Å². The van der Waals surface area contributed by atoms with Crippen LogP contribution in [0.25, 0.3) is 10.9 Å². The number of rotatable bonds is 4. The lowest BCUT2D eigenvalue weighted by Gasteiger charge is -2.06. The van der Waals surface area contributed by atoms with Crippen LogP contribution in [0.15, 0.2) is 24.3 Å². The molecule has 19 heavy (non-hydrogen) atoms. The molecule has 102 valence electrons. The van der Waals surface area contributed by atoms with Gasteiger partial charge in [-0.15, -0.1) is 0 Å². The van der Waals surface area contributed by atoms with Gasteiger partial charge < -0.3 is 9.67 Å². The molecule has 7 heteroatoms. The highest BCUT2D eigenvalue weighted by molar-refractivity contribution is 7.92. The summed E-state index contributed by atoms with van der Waals surface area (Å²) >= 11 is 0. The molecule has 0 amide bonds. The molecule has 0 saturated heterocycles. The fourth-order valence-corrected chi connectivity index (χ4v) is 2.59. The van der Waals surface area contributed by atoms with Crippen molar-refractivity contribution in [2.45, 2.75) is 13.5 Å². The monoisotopic (exact) mass is 282 g/mol. The number of sulfonamides is 1. The van der Waals surface area contributed by atoms with E-state index in [2.05, 4.69) is 4.72 Å². The van der Waals surface area contributed by atoms with Crippen LogP contribution in [0.2, 0.25) is 0 Å². The first-order chi connectivity index (χ1) is 8.76. The van der Waals surface area contributed by atoms with Crippen LogP contribution in [0.5, 0.6) is 0 Å². The second-order valence-electron chi connectivity index (χ2n) is 4.41. The van der Waals surface area contributed by atoms with Crippen molar-refractivity contribution < 1.29 is 18.3 Å². The highest BCUT2D eigenvalue weighted by Crippen LogP contribution is 2.23. The van der Waals surface area contributed by atoms with Crippen LogP contribution in [-0.4, -0.2) is 30.3 Å². The molecule has 0 atom stereocenters. The Morgan fingerprint density at radius 3 is 2.63 bits per heavy atom. The standard InChI is InChI=1S/C12H14N2O4S/c1-8-5-9-6-10(13-19(2,17)18)3-4-11(9)14(8)7-12(15)16/h3-6,13H,7H2,1-2H3,(H,15,16). The van der Waals surface area contributed by atoms with Gasteiger partial charge in [0.15, 0.2) is 0 Å². The zero-order valence-electron chi connectivity index (χ0n) is 10.5. The predicted octanol–water partition coefficient (Wildman–Crippen LogP) is 1.41. The number of hydrogen-bond donors (Lipinski definition) is 2. The zero-order chi connectivity index (χ0) is 14.2. The van der Waals surface area contributed by atoms with Crippen LogP contribution >= 0.6 is 0 Å². The van der Waals surface area contributed by atoms with Gasteiger partial charge in [0, 0.05) is 22.3 Å². The molecule has 0 fully saturated rings. The Morgan fingerprint density at radius 2 is 2.05 bits per heavy atom. The van der Waals surface area contributed by atoms with Gasteiger partial charge in [0.2, 0.25) is 10.0 Å². The molecule has 2 aromatic rings. The minimum absolute atomic E-state index is 0.117. The number of aromatic nitrogens is 1. The van der Waals surface area contributed by atoms with Gasteiger partial charge in [-0.2, -0.15) is 0 Å². The Labute approximate surface area is 110 Å². The van der Waals surface area contributed by atoms with E-state index in [0.29, 0.717) is 5.69 Å². The van der Waals surface area contributed by atoms with Crippen molar-refractivity contribution in [1.29, 1.82) is 0 Å². The van der Waals surface area contributed by atoms with Crippen LogP contribution in [0.4, 0.5) is 5.69 Å². The molecule has 1 heterocycles. The molecular weight excluding hydrogens is 268 g/mol. The summed E-state index contributed by atoms with van der Waals surface area (Å²) in [5.74, 6) is -0.918. The number of aryl methyl sites for hydroxylation is 1. The first kappa shape index (κ1) is 13.4. The first-order valence-electron chi connectivity index (χ1n) is 5.56. The molecule has 0 aliphatic heterocycles. The fourth-order valence-electron chi connectivity index (χ4n) is 2.03. The van der Waals surface area contributed by atoms with E-state index in [1.165, 1.54) is 0 Å². The topological polar surface area (TPSA) is 88.4 Å². The molecule has 1 aromatic carbocycles. The number of benzene rings is 1. The average Bonchev–Trinajstić information content (AvgIpc) is 2.51. The molecule has 1 aromatic heterocycles. The molecule has 0 saturated carbocycles. The Bertz CT molecular complexity index is 746. The smallest absolute Gasteiger partial charge is 0.323 e. The molecule has 6 nitrogen and oxygen atoms in total. The van der Waals surface area contributed by atoms with E-state index in [0.717, 1.165) is 22.9 Å². The molecule has 0 aliphatic carbocycles. The van der Waals surface area contributed by atoms with Crippen molar-refractivity contribution in [1.82, 2.24) is 4.57 Å². The largest absolute Gasteiger partial charge is 0.480 e. The maximum absolute atomic E-state index is 11.2. The average molecular weight is 282 g/mol. The summed E-state index contributed by atoms with van der Waals surface area (Å²) in [7, 11) is -3.32. The van der Waals surface area contributed by atoms with Gasteiger partial charge in [-0.25, -0.2) is 8.42 Å². The van der Waals surface area contributed by atoms with Gasteiger partial charge >= 0.3 is 5.97 Å². The number of hydrogen-bond acceptors (Lipinski definition) is 3. The number of carbonyl (C=O) groups is 1. The molecule has 0 bridgehead atoms. The maximum atomic E-state index is 11.2. The minimum atomic E-state index is -3.32. The Kier molecular flexibility index (Phi) is 3.23. The van der Waals surface area contributed by atoms with E-state index < -0.39 is 16.0 Å². The number of aliphatic carboxylic acids is 1. The number of nitrogens with one attached hydrogen (secondary N) is 1. The molecule has 0 unspecified atom stereocenters. The van der Waals surface area contributed by atoms with E-state index in [9.17, 15) is 13.2 Å². The zero-order valence-corrected chi connectivity index (χ0v) is 11.4. The molecule has 2 N–H and O–H groups in total. The van der Waals surface area contributed by atoms with Crippen molar-refractivity contribution in [2.24, 2.45) is 0 Å². The van der Waals surface area contributed by atoms with Gasteiger partial charge in [-0.1, -0.05) is 0 Å². The third kappa shape index (κ3) is 3.05. The van der Waals surface area contributed by atoms with Crippen molar-refractivity contribution in [3.63, 3.8) is 0 Å². The quantitative estimate of drug-likeness (QED) is 0.887. The number of carboxylic acids is 1. The Morgan fingerprint density at radius 1 is 1.37 bits per heavy atom. The Balaban J connectivity index is 2.48. The summed E-state index contributed by atoms with van der Waals surface area (Å²) in [6.07, 6.45) is 1.08. The van der Waals surface area contributed by atoms with Crippen molar-refractivity contribution in [2.75, 3.05) is 11.0 Å². The van der Waals surface area contributed by atoms with Crippen molar-refractivity contribution in [3.05, 3.63) is 30.0 Å². The van der Waals surface area contributed by atoms with Crippen molar-refractivity contribution in [3.8, 4) is 0 Å². The van der Waals surface area contributed by atoms with Crippen LogP contribution < -0.4 is 4.72 Å². The number of nitrogens with zero attached hydrogens (tertiary/aromatic N) is 1. The van der Waals surface area contributed by atoms with Gasteiger partial charge in [-0.3, -0.25) is 9.52 Å². The number of carboxylic acid groups (broad SMARTS) is 1. The van der Waals surface area contributed by atoms with Crippen LogP contribution in [-0.2, 0) is 21.4 Å². The van der Waals surface area contributed by atoms with Crippen LogP contribution in [0.3, 0.4) is 0 Å². The number of fused-ring (bicyclic) bond motifs is 1. The van der Waals surface area contributed by atoms with Gasteiger partial charge in [0.05, 0.1) is 6.26 Å². The molecule has 0 spiro atoms. The van der Waals surface area contributed by atoms with E-state index in [-0.39, 0.29) is 6.54 Å². The SMILES string of the molecule is Cc1cc2cc(NS(C)(=O)=O)ccc2n1CC(=O)O. The Hall–Kier alpha value is -2.02. The maximum Gasteiger partial charge on any atom is 0.323 e. The van der Waals surface area contributed by atoms with Gasteiger partial charge in [0.25, 0.3) is 0 Å². The second-order valence-corrected chi connectivity index (χ2v) is 6.16. The van der Waals surface area contributed by atoms with Gasteiger partial charge in [-0.05, 0) is 31.2 Å². The second kappa shape index (κ2) is 4.58. The fraction of sp³-hybridized carbons (Fsp3) is 0.250. The highest BCUT2D eigenvalue weighted by atomic mass is 32.2. The third-order valence-corrected chi connectivity index (χ3v) is 3.31. The van der Waals surface area contributed by atoms with E-state index in [1.54, 1.807) is 22.8 Å². The molecule has 2 rings (SSSR count). The lowest BCUT2D eigenvalue weighted by molar-refractivity contribution is -0.137. The summed E-state index contributed by atoms with van der Waals surface area (Å²) in [5.41, 5.74) is 2.04. The third-order valence-electron chi connectivity index (χ3n) is 2.71. The van der Waals surface area contributed by atoms with Crippen LogP contribution in [0, 0.1) is 6.92 Å². The first-order valence-corrected chi connectivity index (χ1v) is 7.45. The number of anilines is 1. The summed E-state index contributed by atoms with van der Waals surface area (Å²) < 4.78 is 26.4. The lowest BCUT2D eigenvalue weighted by Crippen LogP contribution is -2.10. The minimum Gasteiger partial charge on any atom is -0.480 e. The van der Waals surface area contributed by atoms with Crippen molar-refractivity contribution >= 4 is 32.6 Å². The van der Waals surface area contributed by atoms with Crippen LogP contribution in [0.1, 0.15) is 5.69 Å². The molecular formula is C12H14N2O4S.